The Bertz CT molecular complexity index is 1220. The number of hydrogen-bond donors (Lipinski definition) is 4. The lowest BCUT2D eigenvalue weighted by Crippen LogP contribution is -2.48. The van der Waals surface area contributed by atoms with Crippen molar-refractivity contribution in [2.75, 3.05) is 19.0 Å². The summed E-state index contributed by atoms with van der Waals surface area (Å²) in [4.78, 5) is 34.1. The summed E-state index contributed by atoms with van der Waals surface area (Å²) in [6.45, 7) is 0.951. The summed E-state index contributed by atoms with van der Waals surface area (Å²) in [5.74, 6) is 0.443. The van der Waals surface area contributed by atoms with Crippen LogP contribution in [0.4, 0.5) is 5.95 Å². The molecule has 4 rings (SSSR count). The third-order valence-electron chi connectivity index (χ3n) is 6.25. The van der Waals surface area contributed by atoms with Crippen molar-refractivity contribution >= 4 is 17.8 Å². The summed E-state index contributed by atoms with van der Waals surface area (Å²) in [5, 5.41) is 9.21. The number of aromatic amines is 1. The summed E-state index contributed by atoms with van der Waals surface area (Å²) in [6, 6.07) is 26.0. The van der Waals surface area contributed by atoms with Crippen molar-refractivity contribution in [1.29, 1.82) is 0 Å². The zero-order valence-corrected chi connectivity index (χ0v) is 21.4. The standard InChI is InChI=1S/C30H33N5O3/c1-38-25-16-14-22(15-17-25)21-34-28(36)26(13-8-18-31-30-32-19-20-33-30)35-29(37)27(23-9-4-2-5-10-23)24-11-6-3-7-12-24/h2-7,9-12,14-17,19-20,26-27H,8,13,18,21H2,1H3,(H,34,36)(H,35,37)(H2,31,32,33)/t26-/m1/s1. The zero-order chi connectivity index (χ0) is 26.6. The van der Waals surface area contributed by atoms with E-state index in [1.807, 2.05) is 84.9 Å². The van der Waals surface area contributed by atoms with Gasteiger partial charge in [-0.3, -0.25) is 9.59 Å². The van der Waals surface area contributed by atoms with Crippen molar-refractivity contribution in [3.05, 3.63) is 114 Å². The Kier molecular flexibility index (Phi) is 9.51. The van der Waals surface area contributed by atoms with Gasteiger partial charge in [0.05, 0.1) is 13.0 Å². The molecular formula is C30H33N5O3. The lowest BCUT2D eigenvalue weighted by Gasteiger charge is -2.23. The number of rotatable bonds is 13. The zero-order valence-electron chi connectivity index (χ0n) is 21.4. The number of carbonyl (C=O) groups is 2. The van der Waals surface area contributed by atoms with E-state index in [1.54, 1.807) is 19.5 Å². The van der Waals surface area contributed by atoms with Crippen LogP contribution in [0.15, 0.2) is 97.3 Å². The van der Waals surface area contributed by atoms with Gasteiger partial charge in [0, 0.05) is 25.5 Å². The molecule has 4 aromatic rings. The average Bonchev–Trinajstić information content (AvgIpc) is 3.48. The number of nitrogens with zero attached hydrogens (tertiary/aromatic N) is 1. The second-order valence-electron chi connectivity index (χ2n) is 8.89. The van der Waals surface area contributed by atoms with E-state index < -0.39 is 12.0 Å². The number of ether oxygens (including phenoxy) is 1. The summed E-state index contributed by atoms with van der Waals surface area (Å²) < 4.78 is 5.21. The highest BCUT2D eigenvalue weighted by Gasteiger charge is 2.27. The van der Waals surface area contributed by atoms with Crippen LogP contribution in [0.5, 0.6) is 5.75 Å². The lowest BCUT2D eigenvalue weighted by atomic mass is 9.90. The molecular weight excluding hydrogens is 478 g/mol. The fourth-order valence-corrected chi connectivity index (χ4v) is 4.24. The van der Waals surface area contributed by atoms with Crippen LogP contribution in [0.2, 0.25) is 0 Å². The Balaban J connectivity index is 1.46. The molecule has 8 heteroatoms. The molecule has 0 aliphatic heterocycles. The summed E-state index contributed by atoms with van der Waals surface area (Å²) in [6.07, 6.45) is 4.53. The van der Waals surface area contributed by atoms with Gasteiger partial charge in [-0.15, -0.1) is 0 Å². The lowest BCUT2D eigenvalue weighted by molar-refractivity contribution is -0.129. The molecule has 0 radical (unpaired) electrons. The molecule has 0 fully saturated rings. The molecule has 1 atom stereocenters. The SMILES string of the molecule is COc1ccc(CNC(=O)[C@@H](CCCNc2ncc[nH]2)NC(=O)C(c2ccccc2)c2ccccc2)cc1. The Labute approximate surface area is 222 Å². The van der Waals surface area contributed by atoms with Gasteiger partial charge < -0.3 is 25.7 Å². The Morgan fingerprint density at radius 1 is 0.895 bits per heavy atom. The monoisotopic (exact) mass is 511 g/mol. The Hall–Kier alpha value is -4.59. The van der Waals surface area contributed by atoms with E-state index in [-0.39, 0.29) is 11.8 Å². The van der Waals surface area contributed by atoms with E-state index in [0.717, 1.165) is 22.4 Å². The predicted octanol–water partition coefficient (Wildman–Crippen LogP) is 4.24. The van der Waals surface area contributed by atoms with Crippen LogP contribution in [-0.2, 0) is 16.1 Å². The molecule has 0 saturated heterocycles. The highest BCUT2D eigenvalue weighted by atomic mass is 16.5. The van der Waals surface area contributed by atoms with E-state index in [9.17, 15) is 9.59 Å². The van der Waals surface area contributed by atoms with E-state index in [1.165, 1.54) is 0 Å². The van der Waals surface area contributed by atoms with Crippen LogP contribution >= 0.6 is 0 Å². The normalized spacial score (nSPS) is 11.5. The minimum absolute atomic E-state index is 0.217. The van der Waals surface area contributed by atoms with Crippen LogP contribution in [0.1, 0.15) is 35.4 Å². The number of anilines is 1. The van der Waals surface area contributed by atoms with Crippen LogP contribution < -0.4 is 20.7 Å². The number of hydrogen-bond acceptors (Lipinski definition) is 5. The first-order valence-electron chi connectivity index (χ1n) is 12.7. The van der Waals surface area contributed by atoms with Crippen molar-refractivity contribution in [1.82, 2.24) is 20.6 Å². The number of imidazole rings is 1. The molecule has 0 saturated carbocycles. The van der Waals surface area contributed by atoms with Crippen molar-refractivity contribution in [3.8, 4) is 5.75 Å². The van der Waals surface area contributed by atoms with E-state index in [4.69, 9.17) is 4.74 Å². The third kappa shape index (κ3) is 7.46. The molecule has 1 heterocycles. The maximum atomic E-state index is 13.7. The first kappa shape index (κ1) is 26.5. The molecule has 38 heavy (non-hydrogen) atoms. The first-order valence-corrected chi connectivity index (χ1v) is 12.7. The van der Waals surface area contributed by atoms with Gasteiger partial charge in [-0.1, -0.05) is 72.8 Å². The molecule has 1 aromatic heterocycles. The van der Waals surface area contributed by atoms with Crippen LogP contribution in [0.25, 0.3) is 0 Å². The second kappa shape index (κ2) is 13.6. The van der Waals surface area contributed by atoms with Crippen LogP contribution in [-0.4, -0.2) is 41.5 Å². The number of benzene rings is 3. The third-order valence-corrected chi connectivity index (χ3v) is 6.25. The number of carbonyl (C=O) groups excluding carboxylic acids is 2. The fourth-order valence-electron chi connectivity index (χ4n) is 4.24. The number of nitrogens with one attached hydrogen (secondary N) is 4. The summed E-state index contributed by atoms with van der Waals surface area (Å²) in [7, 11) is 1.61. The quantitative estimate of drug-likeness (QED) is 0.201. The topological polar surface area (TPSA) is 108 Å². The maximum absolute atomic E-state index is 13.7. The summed E-state index contributed by atoms with van der Waals surface area (Å²) in [5.41, 5.74) is 2.68. The fraction of sp³-hybridized carbons (Fsp3) is 0.233. The molecule has 2 amide bonds. The molecule has 0 aliphatic rings. The summed E-state index contributed by atoms with van der Waals surface area (Å²) >= 11 is 0. The molecule has 0 aliphatic carbocycles. The Morgan fingerprint density at radius 2 is 1.55 bits per heavy atom. The Morgan fingerprint density at radius 3 is 2.13 bits per heavy atom. The predicted molar refractivity (Wildman–Crippen MR) is 148 cm³/mol. The van der Waals surface area contributed by atoms with Crippen molar-refractivity contribution in [2.45, 2.75) is 31.3 Å². The van der Waals surface area contributed by atoms with Crippen LogP contribution in [0.3, 0.4) is 0 Å². The molecule has 196 valence electrons. The number of amides is 2. The van der Waals surface area contributed by atoms with Gasteiger partial charge in [0.25, 0.3) is 0 Å². The second-order valence-corrected chi connectivity index (χ2v) is 8.89. The van der Waals surface area contributed by atoms with E-state index >= 15 is 0 Å². The van der Waals surface area contributed by atoms with Gasteiger partial charge in [0.15, 0.2) is 5.95 Å². The number of methoxy groups -OCH3 is 1. The first-order chi connectivity index (χ1) is 18.6. The van der Waals surface area contributed by atoms with Gasteiger partial charge in [-0.05, 0) is 41.7 Å². The smallest absolute Gasteiger partial charge is 0.242 e. The molecule has 3 aromatic carbocycles. The van der Waals surface area contributed by atoms with Crippen molar-refractivity contribution in [3.63, 3.8) is 0 Å². The van der Waals surface area contributed by atoms with E-state index in [0.29, 0.717) is 31.9 Å². The van der Waals surface area contributed by atoms with Crippen molar-refractivity contribution < 1.29 is 14.3 Å². The average molecular weight is 512 g/mol. The van der Waals surface area contributed by atoms with Crippen molar-refractivity contribution in [2.24, 2.45) is 0 Å². The number of H-pyrrole nitrogens is 1. The number of aromatic nitrogens is 2. The van der Waals surface area contributed by atoms with Crippen LogP contribution in [0, 0.1) is 0 Å². The molecule has 0 spiro atoms. The highest BCUT2D eigenvalue weighted by Crippen LogP contribution is 2.25. The molecule has 0 unspecified atom stereocenters. The largest absolute Gasteiger partial charge is 0.497 e. The minimum atomic E-state index is -0.700. The maximum Gasteiger partial charge on any atom is 0.242 e. The van der Waals surface area contributed by atoms with Gasteiger partial charge in [-0.25, -0.2) is 4.98 Å². The van der Waals surface area contributed by atoms with Gasteiger partial charge in [0.2, 0.25) is 11.8 Å². The molecule has 8 nitrogen and oxygen atoms in total. The van der Waals surface area contributed by atoms with Gasteiger partial charge >= 0.3 is 0 Å². The minimum Gasteiger partial charge on any atom is -0.497 e. The van der Waals surface area contributed by atoms with Gasteiger partial charge in [-0.2, -0.15) is 0 Å². The molecule has 4 N–H and O–H groups in total. The highest BCUT2D eigenvalue weighted by molar-refractivity contribution is 5.92. The van der Waals surface area contributed by atoms with E-state index in [2.05, 4.69) is 25.9 Å². The molecule has 0 bridgehead atoms. The van der Waals surface area contributed by atoms with Gasteiger partial charge in [0.1, 0.15) is 11.8 Å².